The van der Waals surface area contributed by atoms with E-state index in [0.29, 0.717) is 6.54 Å². The molecule has 0 atom stereocenters. The maximum absolute atomic E-state index is 5.66. The van der Waals surface area contributed by atoms with E-state index in [1.807, 2.05) is 6.07 Å². The molecule has 0 aliphatic carbocycles. The monoisotopic (exact) mass is 220 g/mol. The van der Waals surface area contributed by atoms with E-state index in [4.69, 9.17) is 10.5 Å². The Morgan fingerprint density at radius 1 is 1.31 bits per heavy atom. The van der Waals surface area contributed by atoms with Gasteiger partial charge < -0.3 is 15.4 Å². The number of rotatable bonds is 4. The van der Waals surface area contributed by atoms with Crippen LogP contribution in [0.1, 0.15) is 18.4 Å². The third-order valence-electron chi connectivity index (χ3n) is 3.15. The van der Waals surface area contributed by atoms with Gasteiger partial charge >= 0.3 is 0 Å². The number of benzene rings is 1. The summed E-state index contributed by atoms with van der Waals surface area (Å²) in [5.41, 5.74) is 8.31. The van der Waals surface area contributed by atoms with Crippen LogP contribution in [0.15, 0.2) is 18.2 Å². The van der Waals surface area contributed by atoms with Crippen LogP contribution in [0.25, 0.3) is 0 Å². The molecule has 3 heteroatoms. The fraction of sp³-hybridized carbons (Fsp3) is 0.538. The minimum Gasteiger partial charge on any atom is -0.497 e. The van der Waals surface area contributed by atoms with Crippen LogP contribution in [0.5, 0.6) is 5.75 Å². The molecule has 2 N–H and O–H groups in total. The van der Waals surface area contributed by atoms with Crippen LogP contribution in [0.3, 0.4) is 0 Å². The largest absolute Gasteiger partial charge is 0.497 e. The van der Waals surface area contributed by atoms with Crippen LogP contribution in [0.4, 0.5) is 5.69 Å². The molecule has 0 unspecified atom stereocenters. The Kier molecular flexibility index (Phi) is 3.67. The zero-order valence-corrected chi connectivity index (χ0v) is 9.91. The second kappa shape index (κ2) is 5.21. The third-order valence-corrected chi connectivity index (χ3v) is 3.15. The van der Waals surface area contributed by atoms with Gasteiger partial charge in [-0.15, -0.1) is 0 Å². The molecule has 2 rings (SSSR count). The van der Waals surface area contributed by atoms with Crippen molar-refractivity contribution in [2.75, 3.05) is 31.6 Å². The number of hydrogen-bond acceptors (Lipinski definition) is 3. The van der Waals surface area contributed by atoms with E-state index >= 15 is 0 Å². The van der Waals surface area contributed by atoms with E-state index in [2.05, 4.69) is 17.0 Å². The highest BCUT2D eigenvalue weighted by Crippen LogP contribution is 2.28. The molecule has 1 aromatic rings. The van der Waals surface area contributed by atoms with Crippen LogP contribution < -0.4 is 15.4 Å². The molecule has 1 saturated heterocycles. The fourth-order valence-corrected chi connectivity index (χ4v) is 2.31. The summed E-state index contributed by atoms with van der Waals surface area (Å²) in [6.07, 6.45) is 3.52. The minimum atomic E-state index is 0.688. The number of methoxy groups -OCH3 is 1. The molecule has 0 spiro atoms. The SMILES string of the molecule is COc1ccc(N2CCCC2)c(CCN)c1. The molecule has 1 fully saturated rings. The van der Waals surface area contributed by atoms with Crippen LogP contribution in [-0.4, -0.2) is 26.7 Å². The average Bonchev–Trinajstić information content (AvgIpc) is 2.83. The van der Waals surface area contributed by atoms with Gasteiger partial charge in [-0.05, 0) is 49.6 Å². The molecule has 1 aliphatic rings. The smallest absolute Gasteiger partial charge is 0.119 e. The van der Waals surface area contributed by atoms with Crippen molar-refractivity contribution in [3.63, 3.8) is 0 Å². The third kappa shape index (κ3) is 2.30. The normalized spacial score (nSPS) is 15.5. The van der Waals surface area contributed by atoms with Crippen molar-refractivity contribution in [2.24, 2.45) is 5.73 Å². The fourth-order valence-electron chi connectivity index (χ4n) is 2.31. The van der Waals surface area contributed by atoms with E-state index < -0.39 is 0 Å². The first-order valence-electron chi connectivity index (χ1n) is 5.97. The molecule has 0 bridgehead atoms. The first kappa shape index (κ1) is 11.3. The first-order chi connectivity index (χ1) is 7.85. The van der Waals surface area contributed by atoms with Crippen molar-refractivity contribution in [3.8, 4) is 5.75 Å². The lowest BCUT2D eigenvalue weighted by Crippen LogP contribution is -2.20. The highest BCUT2D eigenvalue weighted by molar-refractivity contribution is 5.57. The second-order valence-electron chi connectivity index (χ2n) is 4.23. The summed E-state index contributed by atoms with van der Waals surface area (Å²) in [7, 11) is 1.71. The Hall–Kier alpha value is -1.22. The van der Waals surface area contributed by atoms with Gasteiger partial charge in [0.2, 0.25) is 0 Å². The van der Waals surface area contributed by atoms with Gasteiger partial charge in [-0.2, -0.15) is 0 Å². The Morgan fingerprint density at radius 3 is 2.69 bits per heavy atom. The van der Waals surface area contributed by atoms with E-state index in [1.165, 1.54) is 37.2 Å². The lowest BCUT2D eigenvalue weighted by molar-refractivity contribution is 0.414. The van der Waals surface area contributed by atoms with Gasteiger partial charge in [0.05, 0.1) is 7.11 Å². The molecule has 3 nitrogen and oxygen atoms in total. The topological polar surface area (TPSA) is 38.5 Å². The minimum absolute atomic E-state index is 0.688. The molecule has 0 amide bonds. The van der Waals surface area contributed by atoms with Crippen LogP contribution in [0, 0.1) is 0 Å². The van der Waals surface area contributed by atoms with Crippen LogP contribution >= 0.6 is 0 Å². The summed E-state index contributed by atoms with van der Waals surface area (Å²) < 4.78 is 5.26. The summed E-state index contributed by atoms with van der Waals surface area (Å²) in [6.45, 7) is 3.03. The molecule has 0 saturated carbocycles. The average molecular weight is 220 g/mol. The predicted octanol–water partition coefficient (Wildman–Crippen LogP) is 1.80. The molecule has 1 aliphatic heterocycles. The maximum atomic E-state index is 5.66. The highest BCUT2D eigenvalue weighted by atomic mass is 16.5. The Labute approximate surface area is 97.2 Å². The number of ether oxygens (including phenoxy) is 1. The molecular formula is C13H20N2O. The van der Waals surface area contributed by atoms with Crippen LogP contribution in [0.2, 0.25) is 0 Å². The summed E-state index contributed by atoms with van der Waals surface area (Å²) in [6, 6.07) is 6.31. The maximum Gasteiger partial charge on any atom is 0.119 e. The lowest BCUT2D eigenvalue weighted by atomic mass is 10.1. The van der Waals surface area contributed by atoms with Crippen molar-refractivity contribution < 1.29 is 4.74 Å². The Morgan fingerprint density at radius 2 is 2.06 bits per heavy atom. The predicted molar refractivity (Wildman–Crippen MR) is 67.2 cm³/mol. The van der Waals surface area contributed by atoms with Gasteiger partial charge in [0.15, 0.2) is 0 Å². The molecule has 16 heavy (non-hydrogen) atoms. The Bertz CT molecular complexity index is 346. The quantitative estimate of drug-likeness (QED) is 0.841. The van der Waals surface area contributed by atoms with Gasteiger partial charge in [0.25, 0.3) is 0 Å². The Balaban J connectivity index is 2.27. The number of nitrogens with two attached hydrogens (primary N) is 1. The number of nitrogens with zero attached hydrogens (tertiary/aromatic N) is 1. The molecule has 1 aromatic carbocycles. The standard InChI is InChI=1S/C13H20N2O/c1-16-12-4-5-13(11(10-12)6-7-14)15-8-2-3-9-15/h4-5,10H,2-3,6-9,14H2,1H3. The van der Waals surface area contributed by atoms with Gasteiger partial charge in [-0.1, -0.05) is 0 Å². The van der Waals surface area contributed by atoms with E-state index in [9.17, 15) is 0 Å². The number of anilines is 1. The summed E-state index contributed by atoms with van der Waals surface area (Å²) in [5, 5.41) is 0. The zero-order valence-electron chi connectivity index (χ0n) is 9.91. The lowest BCUT2D eigenvalue weighted by Gasteiger charge is -2.21. The second-order valence-corrected chi connectivity index (χ2v) is 4.23. The summed E-state index contributed by atoms with van der Waals surface area (Å²) in [5.74, 6) is 0.923. The molecular weight excluding hydrogens is 200 g/mol. The molecule has 88 valence electrons. The molecule has 0 radical (unpaired) electrons. The van der Waals surface area contributed by atoms with Gasteiger partial charge in [-0.25, -0.2) is 0 Å². The zero-order chi connectivity index (χ0) is 11.4. The van der Waals surface area contributed by atoms with Gasteiger partial charge in [-0.3, -0.25) is 0 Å². The van der Waals surface area contributed by atoms with Gasteiger partial charge in [0, 0.05) is 18.8 Å². The van der Waals surface area contributed by atoms with Gasteiger partial charge in [0.1, 0.15) is 5.75 Å². The van der Waals surface area contributed by atoms with Crippen molar-refractivity contribution in [1.29, 1.82) is 0 Å². The van der Waals surface area contributed by atoms with E-state index in [1.54, 1.807) is 7.11 Å². The summed E-state index contributed by atoms with van der Waals surface area (Å²) in [4.78, 5) is 2.45. The molecule has 1 heterocycles. The number of hydrogen-bond donors (Lipinski definition) is 1. The molecule has 0 aromatic heterocycles. The van der Waals surface area contributed by atoms with E-state index in [-0.39, 0.29) is 0 Å². The first-order valence-corrected chi connectivity index (χ1v) is 5.97. The summed E-state index contributed by atoms with van der Waals surface area (Å²) >= 11 is 0. The van der Waals surface area contributed by atoms with Crippen molar-refractivity contribution in [3.05, 3.63) is 23.8 Å². The van der Waals surface area contributed by atoms with Crippen molar-refractivity contribution in [1.82, 2.24) is 0 Å². The van der Waals surface area contributed by atoms with Crippen molar-refractivity contribution in [2.45, 2.75) is 19.3 Å². The van der Waals surface area contributed by atoms with Crippen molar-refractivity contribution >= 4 is 5.69 Å². The van der Waals surface area contributed by atoms with Crippen LogP contribution in [-0.2, 0) is 6.42 Å². The van der Waals surface area contributed by atoms with E-state index in [0.717, 1.165) is 12.2 Å². The highest BCUT2D eigenvalue weighted by Gasteiger charge is 2.15.